The van der Waals surface area contributed by atoms with Gasteiger partial charge >= 0.3 is 0 Å². The van der Waals surface area contributed by atoms with Gasteiger partial charge in [-0.15, -0.1) is 0 Å². The minimum absolute atomic E-state index is 0.0689. The Bertz CT molecular complexity index is 634. The molecule has 0 spiro atoms. The van der Waals surface area contributed by atoms with E-state index in [1.165, 1.54) is 12.1 Å². The number of rotatable bonds is 5. The van der Waals surface area contributed by atoms with Crippen LogP contribution < -0.4 is 5.32 Å². The summed E-state index contributed by atoms with van der Waals surface area (Å²) in [6, 6.07) is 9.27. The Morgan fingerprint density at radius 1 is 1.19 bits per heavy atom. The van der Waals surface area contributed by atoms with Gasteiger partial charge in [-0.1, -0.05) is 24.6 Å². The number of halogens is 4. The average Bonchev–Trinajstić information content (AvgIpc) is 2.44. The van der Waals surface area contributed by atoms with Crippen LogP contribution in [0.3, 0.4) is 0 Å². The summed E-state index contributed by atoms with van der Waals surface area (Å²) in [5.74, 6) is -1.08. The first-order valence-electron chi connectivity index (χ1n) is 6.63. The van der Waals surface area contributed by atoms with Gasteiger partial charge in [0.1, 0.15) is 11.6 Å². The van der Waals surface area contributed by atoms with E-state index in [9.17, 15) is 8.78 Å². The highest BCUT2D eigenvalue weighted by Crippen LogP contribution is 2.27. The summed E-state index contributed by atoms with van der Waals surface area (Å²) in [5.41, 5.74) is 1.51. The maximum absolute atomic E-state index is 13.9. The third kappa shape index (κ3) is 4.37. The van der Waals surface area contributed by atoms with E-state index in [1.54, 1.807) is 0 Å². The first kappa shape index (κ1) is 16.6. The molecule has 2 rings (SSSR count). The van der Waals surface area contributed by atoms with Gasteiger partial charge in [0.25, 0.3) is 0 Å². The van der Waals surface area contributed by atoms with Crippen LogP contribution in [0.2, 0.25) is 5.02 Å². The van der Waals surface area contributed by atoms with Crippen molar-refractivity contribution in [2.24, 2.45) is 0 Å². The fraction of sp³-hybridized carbons (Fsp3) is 0.250. The summed E-state index contributed by atoms with van der Waals surface area (Å²) < 4.78 is 27.9. The van der Waals surface area contributed by atoms with Crippen molar-refractivity contribution < 1.29 is 8.78 Å². The molecule has 5 heteroatoms. The van der Waals surface area contributed by atoms with Gasteiger partial charge < -0.3 is 5.32 Å². The van der Waals surface area contributed by atoms with E-state index in [0.29, 0.717) is 17.0 Å². The first-order chi connectivity index (χ1) is 10.0. The molecule has 0 aliphatic carbocycles. The van der Waals surface area contributed by atoms with Crippen LogP contribution in [0.4, 0.5) is 8.78 Å². The Morgan fingerprint density at radius 3 is 2.62 bits per heavy atom. The van der Waals surface area contributed by atoms with E-state index in [1.807, 2.05) is 25.1 Å². The SMILES string of the molecule is CCNC(Cc1ccc(F)cc1F)c1cc(Cl)ccc1I. The van der Waals surface area contributed by atoms with E-state index in [4.69, 9.17) is 11.6 Å². The Hall–Kier alpha value is -0.720. The summed E-state index contributed by atoms with van der Waals surface area (Å²) in [4.78, 5) is 0. The van der Waals surface area contributed by atoms with Crippen molar-refractivity contribution in [3.05, 3.63) is 67.8 Å². The molecule has 0 saturated carbocycles. The molecule has 1 N–H and O–H groups in total. The molecule has 0 aromatic heterocycles. The minimum Gasteiger partial charge on any atom is -0.310 e. The molecule has 21 heavy (non-hydrogen) atoms. The van der Waals surface area contributed by atoms with Gasteiger partial charge in [0, 0.05) is 20.7 Å². The van der Waals surface area contributed by atoms with Gasteiger partial charge in [0.2, 0.25) is 0 Å². The van der Waals surface area contributed by atoms with Crippen molar-refractivity contribution in [1.82, 2.24) is 5.32 Å². The lowest BCUT2D eigenvalue weighted by atomic mass is 9.98. The molecular formula is C16H15ClF2IN. The number of benzene rings is 2. The average molecular weight is 422 g/mol. The van der Waals surface area contributed by atoms with Gasteiger partial charge in [0.15, 0.2) is 0 Å². The van der Waals surface area contributed by atoms with Crippen molar-refractivity contribution in [2.45, 2.75) is 19.4 Å². The largest absolute Gasteiger partial charge is 0.310 e. The number of likely N-dealkylation sites (N-methyl/N-ethyl adjacent to an activating group) is 1. The van der Waals surface area contributed by atoms with Gasteiger partial charge in [0.05, 0.1) is 0 Å². The van der Waals surface area contributed by atoms with Crippen LogP contribution in [0.5, 0.6) is 0 Å². The quantitative estimate of drug-likeness (QED) is 0.661. The molecule has 1 unspecified atom stereocenters. The maximum Gasteiger partial charge on any atom is 0.129 e. The predicted octanol–water partition coefficient (Wildman–Crippen LogP) is 5.12. The molecule has 0 amide bonds. The van der Waals surface area contributed by atoms with Crippen LogP contribution in [0.25, 0.3) is 0 Å². The molecular weight excluding hydrogens is 407 g/mol. The van der Waals surface area contributed by atoms with E-state index in [-0.39, 0.29) is 6.04 Å². The zero-order valence-corrected chi connectivity index (χ0v) is 14.4. The summed E-state index contributed by atoms with van der Waals surface area (Å²) in [5, 5.41) is 3.98. The summed E-state index contributed by atoms with van der Waals surface area (Å²) in [7, 11) is 0. The monoisotopic (exact) mass is 421 g/mol. The highest BCUT2D eigenvalue weighted by molar-refractivity contribution is 14.1. The van der Waals surface area contributed by atoms with Crippen LogP contribution in [-0.2, 0) is 6.42 Å². The molecule has 2 aromatic carbocycles. The van der Waals surface area contributed by atoms with E-state index >= 15 is 0 Å². The molecule has 0 saturated heterocycles. The normalized spacial score (nSPS) is 12.4. The Balaban J connectivity index is 2.32. The van der Waals surface area contributed by atoms with E-state index in [0.717, 1.165) is 21.7 Å². The molecule has 1 nitrogen and oxygen atoms in total. The third-order valence-corrected chi connectivity index (χ3v) is 4.44. The highest BCUT2D eigenvalue weighted by Gasteiger charge is 2.17. The lowest BCUT2D eigenvalue weighted by molar-refractivity contribution is 0.519. The molecule has 1 atom stereocenters. The van der Waals surface area contributed by atoms with E-state index in [2.05, 4.69) is 27.9 Å². The molecule has 0 aliphatic rings. The summed E-state index contributed by atoms with van der Waals surface area (Å²) in [6.07, 6.45) is 0.441. The highest BCUT2D eigenvalue weighted by atomic mass is 127. The summed E-state index contributed by atoms with van der Waals surface area (Å²) in [6.45, 7) is 2.74. The molecule has 0 radical (unpaired) electrons. The topological polar surface area (TPSA) is 12.0 Å². The number of hydrogen-bond acceptors (Lipinski definition) is 1. The van der Waals surface area contributed by atoms with Crippen LogP contribution in [0.1, 0.15) is 24.1 Å². The zero-order chi connectivity index (χ0) is 15.4. The van der Waals surface area contributed by atoms with Crippen LogP contribution >= 0.6 is 34.2 Å². The molecule has 112 valence electrons. The summed E-state index contributed by atoms with van der Waals surface area (Å²) >= 11 is 8.30. The minimum atomic E-state index is -0.561. The van der Waals surface area contributed by atoms with Crippen molar-refractivity contribution in [3.8, 4) is 0 Å². The number of nitrogens with one attached hydrogen (secondary N) is 1. The zero-order valence-electron chi connectivity index (χ0n) is 11.5. The van der Waals surface area contributed by atoms with Crippen molar-refractivity contribution >= 4 is 34.2 Å². The lowest BCUT2D eigenvalue weighted by Gasteiger charge is -2.20. The Morgan fingerprint density at radius 2 is 1.95 bits per heavy atom. The van der Waals surface area contributed by atoms with Crippen LogP contribution in [-0.4, -0.2) is 6.54 Å². The van der Waals surface area contributed by atoms with Gasteiger partial charge in [-0.05, 0) is 70.9 Å². The Kier molecular flexibility index (Phi) is 5.96. The van der Waals surface area contributed by atoms with Gasteiger partial charge in [-0.3, -0.25) is 0 Å². The lowest BCUT2D eigenvalue weighted by Crippen LogP contribution is -2.24. The van der Waals surface area contributed by atoms with Crippen LogP contribution in [0.15, 0.2) is 36.4 Å². The third-order valence-electron chi connectivity index (χ3n) is 3.22. The second-order valence-electron chi connectivity index (χ2n) is 4.72. The number of hydrogen-bond donors (Lipinski definition) is 1. The first-order valence-corrected chi connectivity index (χ1v) is 8.09. The fourth-order valence-corrected chi connectivity index (χ4v) is 3.12. The van der Waals surface area contributed by atoms with Crippen molar-refractivity contribution in [3.63, 3.8) is 0 Å². The molecule has 0 bridgehead atoms. The predicted molar refractivity (Wildman–Crippen MR) is 90.6 cm³/mol. The van der Waals surface area contributed by atoms with Crippen LogP contribution in [0, 0.1) is 15.2 Å². The molecule has 0 heterocycles. The van der Waals surface area contributed by atoms with Crippen molar-refractivity contribution in [2.75, 3.05) is 6.54 Å². The van der Waals surface area contributed by atoms with E-state index < -0.39 is 11.6 Å². The molecule has 0 fully saturated rings. The van der Waals surface area contributed by atoms with Gasteiger partial charge in [-0.25, -0.2) is 8.78 Å². The molecule has 0 aliphatic heterocycles. The fourth-order valence-electron chi connectivity index (χ4n) is 2.23. The smallest absolute Gasteiger partial charge is 0.129 e. The maximum atomic E-state index is 13.9. The Labute approximate surface area is 141 Å². The second kappa shape index (κ2) is 7.51. The van der Waals surface area contributed by atoms with Crippen molar-refractivity contribution in [1.29, 1.82) is 0 Å². The second-order valence-corrected chi connectivity index (χ2v) is 6.31. The standard InChI is InChI=1S/C16H15ClF2IN/c1-2-21-16(13-8-11(17)4-6-15(13)20)7-10-3-5-12(18)9-14(10)19/h3-6,8-9,16,21H,2,7H2,1H3. The van der Waals surface area contributed by atoms with Gasteiger partial charge in [-0.2, -0.15) is 0 Å². The molecule has 2 aromatic rings.